The van der Waals surface area contributed by atoms with E-state index in [-0.39, 0.29) is 34.4 Å². The predicted octanol–water partition coefficient (Wildman–Crippen LogP) is 2.20. The van der Waals surface area contributed by atoms with Crippen molar-refractivity contribution >= 4 is 40.5 Å². The summed E-state index contributed by atoms with van der Waals surface area (Å²) in [5, 5.41) is 20.3. The number of hydrogen-bond donors (Lipinski definition) is 3. The van der Waals surface area contributed by atoms with Crippen molar-refractivity contribution < 1.29 is 56.3 Å². The molecule has 0 spiro atoms. The molecule has 0 saturated carbocycles. The molecule has 1 saturated heterocycles. The number of rotatable bonds is 10. The summed E-state index contributed by atoms with van der Waals surface area (Å²) in [6.45, 7) is 0.352. The number of benzene rings is 1. The summed E-state index contributed by atoms with van der Waals surface area (Å²) in [7, 11) is 0. The number of hydrogen-bond acceptors (Lipinski definition) is 11. The minimum absolute atomic E-state index is 0.00623. The summed E-state index contributed by atoms with van der Waals surface area (Å²) >= 11 is 5.84. The van der Waals surface area contributed by atoms with E-state index in [4.69, 9.17) is 31.5 Å². The van der Waals surface area contributed by atoms with Crippen LogP contribution in [0.4, 0.5) is 23.4 Å². The standard InChI is InChI=1S/C23H22ClF4N5O8/c1-2-38-20(37)22(19(35)36,7-10-3-5-11(6-4-10)41-23(26,27)28)39-8-12-15(34)13(25)18(40-12)33-9-30-14-16(29)31-21(24)32-17(14)33/h3-6,9,12-13,15,18,34H,2,7-8H2,1H3,(H,35,36)(H2,29,31,32)/t12-,13+,15-,18-,22+/m1/s1. The zero-order chi connectivity index (χ0) is 30.1. The highest BCUT2D eigenvalue weighted by molar-refractivity contribution is 6.28. The Morgan fingerprint density at radius 3 is 2.51 bits per heavy atom. The Morgan fingerprint density at radius 2 is 1.90 bits per heavy atom. The van der Waals surface area contributed by atoms with Gasteiger partial charge in [-0.05, 0) is 36.2 Å². The van der Waals surface area contributed by atoms with Gasteiger partial charge in [-0.15, -0.1) is 13.2 Å². The first-order valence-electron chi connectivity index (χ1n) is 11.8. The smallest absolute Gasteiger partial charge is 0.479 e. The second-order valence-electron chi connectivity index (χ2n) is 8.73. The van der Waals surface area contributed by atoms with Gasteiger partial charge in [0.1, 0.15) is 23.5 Å². The van der Waals surface area contributed by atoms with E-state index in [2.05, 4.69) is 19.7 Å². The lowest BCUT2D eigenvalue weighted by Crippen LogP contribution is -2.53. The number of esters is 1. The Kier molecular flexibility index (Phi) is 8.53. The molecule has 1 aliphatic heterocycles. The monoisotopic (exact) mass is 607 g/mol. The number of aliphatic carboxylic acids is 1. The third-order valence-corrected chi connectivity index (χ3v) is 6.21. The molecule has 0 amide bonds. The molecule has 3 heterocycles. The summed E-state index contributed by atoms with van der Waals surface area (Å²) < 4.78 is 73.5. The van der Waals surface area contributed by atoms with E-state index in [1.165, 1.54) is 6.92 Å². The number of carbonyl (C=O) groups is 2. The topological polar surface area (TPSA) is 181 Å². The Balaban J connectivity index is 1.57. The maximum atomic E-state index is 15.2. The van der Waals surface area contributed by atoms with Crippen molar-refractivity contribution in [2.75, 3.05) is 18.9 Å². The Hall–Kier alpha value is -3.80. The molecule has 5 atom stereocenters. The number of aromatic nitrogens is 4. The van der Waals surface area contributed by atoms with E-state index in [1.807, 2.05) is 0 Å². The molecule has 2 aromatic heterocycles. The predicted molar refractivity (Wildman–Crippen MR) is 129 cm³/mol. The van der Waals surface area contributed by atoms with Gasteiger partial charge in [0.05, 0.1) is 19.5 Å². The van der Waals surface area contributed by atoms with E-state index in [9.17, 15) is 33.0 Å². The molecular formula is C23H22ClF4N5O8. The van der Waals surface area contributed by atoms with E-state index in [0.717, 1.165) is 35.2 Å². The molecule has 18 heteroatoms. The van der Waals surface area contributed by atoms with Gasteiger partial charge < -0.3 is 34.9 Å². The van der Waals surface area contributed by atoms with Crippen molar-refractivity contribution in [1.82, 2.24) is 19.5 Å². The molecule has 41 heavy (non-hydrogen) atoms. The fourth-order valence-electron chi connectivity index (χ4n) is 4.14. The number of nitrogens with two attached hydrogens (primary N) is 1. The van der Waals surface area contributed by atoms with Crippen LogP contribution in [-0.4, -0.2) is 85.2 Å². The number of carboxylic acid groups (broad SMARTS) is 1. The highest BCUT2D eigenvalue weighted by atomic mass is 35.5. The lowest BCUT2D eigenvalue weighted by molar-refractivity contribution is -0.274. The number of aliphatic hydroxyl groups is 1. The van der Waals surface area contributed by atoms with Crippen molar-refractivity contribution in [1.29, 1.82) is 0 Å². The minimum atomic E-state index is -4.95. The maximum absolute atomic E-state index is 15.2. The second kappa shape index (κ2) is 11.6. The van der Waals surface area contributed by atoms with Gasteiger partial charge in [-0.2, -0.15) is 9.97 Å². The molecule has 1 aromatic carbocycles. The molecule has 0 bridgehead atoms. The van der Waals surface area contributed by atoms with Gasteiger partial charge in [-0.3, -0.25) is 4.57 Å². The van der Waals surface area contributed by atoms with Gasteiger partial charge in [0.25, 0.3) is 5.60 Å². The number of anilines is 1. The van der Waals surface area contributed by atoms with Gasteiger partial charge in [0, 0.05) is 6.42 Å². The SMILES string of the molecule is CCOC(=O)[C@@](Cc1ccc(OC(F)(F)F)cc1)(OC[C@H]1O[C@@H](n2cnc3c(N)nc(Cl)nc32)[C@@H](F)[C@@H]1O)C(=O)O. The van der Waals surface area contributed by atoms with E-state index in [0.29, 0.717) is 0 Å². The first-order chi connectivity index (χ1) is 19.3. The lowest BCUT2D eigenvalue weighted by atomic mass is 9.94. The van der Waals surface area contributed by atoms with Gasteiger partial charge >= 0.3 is 18.3 Å². The van der Waals surface area contributed by atoms with Gasteiger partial charge in [0.2, 0.25) is 5.28 Å². The molecule has 3 aromatic rings. The summed E-state index contributed by atoms with van der Waals surface area (Å²) in [4.78, 5) is 36.9. The zero-order valence-corrected chi connectivity index (χ0v) is 21.7. The van der Waals surface area contributed by atoms with Gasteiger partial charge in [-0.1, -0.05) is 12.1 Å². The number of carboxylic acids is 1. The van der Waals surface area contributed by atoms with E-state index < -0.39 is 67.3 Å². The van der Waals surface area contributed by atoms with Crippen LogP contribution in [0.5, 0.6) is 5.75 Å². The second-order valence-corrected chi connectivity index (χ2v) is 9.07. The molecule has 0 radical (unpaired) electrons. The molecule has 1 aliphatic rings. The average Bonchev–Trinajstić information content (AvgIpc) is 3.42. The molecule has 0 unspecified atom stereocenters. The Labute approximate surface area is 232 Å². The first-order valence-corrected chi connectivity index (χ1v) is 12.2. The Morgan fingerprint density at radius 1 is 1.22 bits per heavy atom. The lowest BCUT2D eigenvalue weighted by Gasteiger charge is -2.29. The van der Waals surface area contributed by atoms with Crippen LogP contribution in [0.25, 0.3) is 11.2 Å². The number of fused-ring (bicyclic) bond motifs is 1. The third-order valence-electron chi connectivity index (χ3n) is 6.04. The molecule has 1 fully saturated rings. The number of ether oxygens (including phenoxy) is 4. The number of alkyl halides is 4. The van der Waals surface area contributed by atoms with Crippen LogP contribution in [0, 0.1) is 0 Å². The van der Waals surface area contributed by atoms with Crippen molar-refractivity contribution in [2.24, 2.45) is 0 Å². The summed E-state index contributed by atoms with van der Waals surface area (Å²) in [5.41, 5.74) is 3.15. The van der Waals surface area contributed by atoms with Crippen LogP contribution in [0.1, 0.15) is 18.7 Å². The number of imidazole rings is 1. The number of nitrogen functional groups attached to an aromatic ring is 1. The average molecular weight is 608 g/mol. The van der Waals surface area contributed by atoms with Crippen LogP contribution in [-0.2, 0) is 30.2 Å². The van der Waals surface area contributed by atoms with Crippen molar-refractivity contribution in [3.63, 3.8) is 0 Å². The molecule has 13 nitrogen and oxygen atoms in total. The normalized spacial score (nSPS) is 22.4. The fourth-order valence-corrected chi connectivity index (χ4v) is 4.31. The molecule has 0 aliphatic carbocycles. The van der Waals surface area contributed by atoms with Gasteiger partial charge in [-0.25, -0.2) is 19.0 Å². The number of nitrogens with zero attached hydrogens (tertiary/aromatic N) is 4. The molecular weight excluding hydrogens is 586 g/mol. The van der Waals surface area contributed by atoms with Crippen molar-refractivity contribution in [2.45, 2.75) is 49.9 Å². The van der Waals surface area contributed by atoms with E-state index >= 15 is 4.39 Å². The maximum Gasteiger partial charge on any atom is 0.573 e. The molecule has 4 rings (SSSR count). The van der Waals surface area contributed by atoms with Crippen molar-refractivity contribution in [3.8, 4) is 5.75 Å². The summed E-state index contributed by atoms with van der Waals surface area (Å²) in [6.07, 6.45) is -11.5. The quantitative estimate of drug-likeness (QED) is 0.132. The number of halogens is 5. The Bertz CT molecular complexity index is 1430. The van der Waals surface area contributed by atoms with Crippen molar-refractivity contribution in [3.05, 3.63) is 41.4 Å². The van der Waals surface area contributed by atoms with Crippen LogP contribution in [0.3, 0.4) is 0 Å². The third kappa shape index (κ3) is 6.27. The summed E-state index contributed by atoms with van der Waals surface area (Å²) in [6, 6.07) is 4.03. The highest BCUT2D eigenvalue weighted by Gasteiger charge is 2.52. The summed E-state index contributed by atoms with van der Waals surface area (Å²) in [5.74, 6) is -3.82. The number of carbonyl (C=O) groups excluding carboxylic acids is 1. The van der Waals surface area contributed by atoms with E-state index in [1.54, 1.807) is 0 Å². The molecule has 4 N–H and O–H groups in total. The fraction of sp³-hybridized carbons (Fsp3) is 0.435. The van der Waals surface area contributed by atoms with Gasteiger partial charge in [0.15, 0.2) is 23.9 Å². The van der Waals surface area contributed by atoms with Crippen LogP contribution < -0.4 is 10.5 Å². The number of aliphatic hydroxyl groups excluding tert-OH is 1. The van der Waals surface area contributed by atoms with Crippen LogP contribution in [0.2, 0.25) is 5.28 Å². The van der Waals surface area contributed by atoms with Crippen LogP contribution >= 0.6 is 11.6 Å². The van der Waals surface area contributed by atoms with Crippen LogP contribution in [0.15, 0.2) is 30.6 Å². The molecule has 222 valence electrons. The minimum Gasteiger partial charge on any atom is -0.479 e. The highest BCUT2D eigenvalue weighted by Crippen LogP contribution is 2.36. The zero-order valence-electron chi connectivity index (χ0n) is 20.9. The largest absolute Gasteiger partial charge is 0.573 e. The first kappa shape index (κ1) is 30.2.